The van der Waals surface area contributed by atoms with Crippen LogP contribution in [0.5, 0.6) is 11.5 Å². The predicted molar refractivity (Wildman–Crippen MR) is 121 cm³/mol. The van der Waals surface area contributed by atoms with Gasteiger partial charge in [0.15, 0.2) is 17.3 Å². The molecule has 1 amide bonds. The Kier molecular flexibility index (Phi) is 5.83. The Hall–Kier alpha value is -3.49. The fourth-order valence-corrected chi connectivity index (χ4v) is 4.69. The summed E-state index contributed by atoms with van der Waals surface area (Å²) in [5.41, 5.74) is 0.898. The highest BCUT2D eigenvalue weighted by Crippen LogP contribution is 2.50. The number of alkyl halides is 3. The second-order valence-corrected chi connectivity index (χ2v) is 9.17. The van der Waals surface area contributed by atoms with Gasteiger partial charge in [-0.1, -0.05) is 32.0 Å². The van der Waals surface area contributed by atoms with Gasteiger partial charge in [0.25, 0.3) is 0 Å². The fourth-order valence-electron chi connectivity index (χ4n) is 4.69. The van der Waals surface area contributed by atoms with Crippen LogP contribution in [0.15, 0.2) is 53.7 Å². The van der Waals surface area contributed by atoms with Crippen molar-refractivity contribution in [3.8, 4) is 11.5 Å². The molecule has 34 heavy (non-hydrogen) atoms. The van der Waals surface area contributed by atoms with E-state index >= 15 is 0 Å². The summed E-state index contributed by atoms with van der Waals surface area (Å²) >= 11 is 0. The maximum absolute atomic E-state index is 13.9. The average molecular weight is 474 g/mol. The van der Waals surface area contributed by atoms with Crippen molar-refractivity contribution in [3.05, 3.63) is 59.3 Å². The summed E-state index contributed by atoms with van der Waals surface area (Å²) in [7, 11) is 2.85. The monoisotopic (exact) mass is 474 g/mol. The maximum Gasteiger partial charge on any atom is 0.471 e. The predicted octanol–water partition coefficient (Wildman–Crippen LogP) is 5.41. The van der Waals surface area contributed by atoms with E-state index in [0.29, 0.717) is 34.0 Å². The van der Waals surface area contributed by atoms with Crippen LogP contribution in [0.2, 0.25) is 0 Å². The van der Waals surface area contributed by atoms with Gasteiger partial charge in [0.1, 0.15) is 0 Å². The van der Waals surface area contributed by atoms with Crippen molar-refractivity contribution in [2.45, 2.75) is 38.9 Å². The first-order valence-electron chi connectivity index (χ1n) is 10.7. The second-order valence-electron chi connectivity index (χ2n) is 9.17. The van der Waals surface area contributed by atoms with Gasteiger partial charge in [-0.2, -0.15) is 13.2 Å². The molecule has 0 bridgehead atoms. The third-order valence-corrected chi connectivity index (χ3v) is 6.09. The van der Waals surface area contributed by atoms with E-state index in [-0.39, 0.29) is 29.2 Å². The lowest BCUT2D eigenvalue weighted by Crippen LogP contribution is -2.45. The molecule has 4 rings (SSSR count). The molecule has 0 saturated heterocycles. The van der Waals surface area contributed by atoms with E-state index in [4.69, 9.17) is 9.47 Å². The lowest BCUT2D eigenvalue weighted by atomic mass is 9.73. The smallest absolute Gasteiger partial charge is 0.471 e. The SMILES string of the molecule is COc1ccc([C@H]2C3=C(CC(C)(C)CC3=O)Nc3ccccc3N2C(=O)C(F)(F)F)cc1OC. The molecular weight excluding hydrogens is 449 g/mol. The summed E-state index contributed by atoms with van der Waals surface area (Å²) in [6.07, 6.45) is -4.59. The number of carbonyl (C=O) groups is 2. The number of halogens is 3. The summed E-state index contributed by atoms with van der Waals surface area (Å²) in [6.45, 7) is 3.86. The van der Waals surface area contributed by atoms with Gasteiger partial charge in [-0.05, 0) is 41.7 Å². The number of para-hydroxylation sites is 2. The number of allylic oxidation sites excluding steroid dienone is 1. The van der Waals surface area contributed by atoms with Crippen molar-refractivity contribution in [2.75, 3.05) is 24.4 Å². The zero-order valence-corrected chi connectivity index (χ0v) is 19.2. The van der Waals surface area contributed by atoms with E-state index in [0.717, 1.165) is 0 Å². The van der Waals surface area contributed by atoms with Crippen molar-refractivity contribution < 1.29 is 32.2 Å². The Morgan fingerprint density at radius 1 is 1.06 bits per heavy atom. The lowest BCUT2D eigenvalue weighted by Gasteiger charge is -2.37. The standard InChI is InChI=1S/C25H25F3N2O4/c1-24(2)12-16-21(18(31)13-24)22(14-9-10-19(33-3)20(11-14)34-4)30(23(32)25(26,27)28)17-8-6-5-7-15(17)29-16/h5-11,22,29H,12-13H2,1-4H3/t22-/m0/s1. The number of methoxy groups -OCH3 is 2. The van der Waals surface area contributed by atoms with Gasteiger partial charge in [-0.25, -0.2) is 0 Å². The van der Waals surface area contributed by atoms with Crippen molar-refractivity contribution in [1.82, 2.24) is 0 Å². The lowest BCUT2D eigenvalue weighted by molar-refractivity contribution is -0.170. The largest absolute Gasteiger partial charge is 0.493 e. The number of rotatable bonds is 3. The molecule has 1 aliphatic heterocycles. The van der Waals surface area contributed by atoms with E-state index in [9.17, 15) is 22.8 Å². The first kappa shape index (κ1) is 23.7. The van der Waals surface area contributed by atoms with Crippen molar-refractivity contribution in [2.24, 2.45) is 5.41 Å². The molecule has 0 spiro atoms. The molecule has 0 fully saturated rings. The Balaban J connectivity index is 2.05. The molecule has 1 heterocycles. The quantitative estimate of drug-likeness (QED) is 0.645. The van der Waals surface area contributed by atoms with E-state index in [1.807, 2.05) is 13.8 Å². The van der Waals surface area contributed by atoms with Crippen molar-refractivity contribution >= 4 is 23.1 Å². The van der Waals surface area contributed by atoms with E-state index in [2.05, 4.69) is 5.32 Å². The number of nitrogens with zero attached hydrogens (tertiary/aromatic N) is 1. The Bertz CT molecular complexity index is 1190. The number of benzene rings is 2. The molecule has 1 N–H and O–H groups in total. The molecule has 0 radical (unpaired) electrons. The Morgan fingerprint density at radius 2 is 1.74 bits per heavy atom. The number of anilines is 2. The fraction of sp³-hybridized carbons (Fsp3) is 0.360. The summed E-state index contributed by atoms with van der Waals surface area (Å²) in [5, 5.41) is 3.18. The zero-order valence-electron chi connectivity index (χ0n) is 19.2. The van der Waals surface area contributed by atoms with Crippen molar-refractivity contribution in [3.63, 3.8) is 0 Å². The first-order valence-corrected chi connectivity index (χ1v) is 10.7. The number of fused-ring (bicyclic) bond motifs is 1. The Morgan fingerprint density at radius 3 is 2.38 bits per heavy atom. The van der Waals surface area contributed by atoms with E-state index in [1.165, 1.54) is 26.4 Å². The molecule has 2 aromatic carbocycles. The van der Waals surface area contributed by atoms with Crippen molar-refractivity contribution in [1.29, 1.82) is 0 Å². The second kappa shape index (κ2) is 8.38. The van der Waals surface area contributed by atoms with Gasteiger partial charge in [0.2, 0.25) is 0 Å². The van der Waals surface area contributed by atoms with Crippen LogP contribution < -0.4 is 19.7 Å². The number of hydrogen-bond acceptors (Lipinski definition) is 5. The number of hydrogen-bond donors (Lipinski definition) is 1. The van der Waals surface area contributed by atoms with Crippen LogP contribution >= 0.6 is 0 Å². The third-order valence-electron chi connectivity index (χ3n) is 6.09. The van der Waals surface area contributed by atoms with Gasteiger partial charge in [0, 0.05) is 17.7 Å². The van der Waals surface area contributed by atoms with E-state index in [1.54, 1.807) is 30.3 Å². The molecular formula is C25H25F3N2O4. The number of Topliss-reactive ketones (excluding diaryl/α,β-unsaturated/α-hetero) is 1. The van der Waals surface area contributed by atoms with Gasteiger partial charge < -0.3 is 14.8 Å². The minimum absolute atomic E-state index is 0.0321. The minimum Gasteiger partial charge on any atom is -0.493 e. The van der Waals surface area contributed by atoms with Crippen LogP contribution in [0.4, 0.5) is 24.5 Å². The summed E-state index contributed by atoms with van der Waals surface area (Å²) in [5.74, 6) is -1.73. The maximum atomic E-state index is 13.9. The highest BCUT2D eigenvalue weighted by molar-refractivity contribution is 6.07. The summed E-state index contributed by atoms with van der Waals surface area (Å²) in [6, 6.07) is 9.54. The number of nitrogens with one attached hydrogen (secondary N) is 1. The molecule has 0 aromatic heterocycles. The molecule has 2 aromatic rings. The Labute approximate surface area is 195 Å². The summed E-state index contributed by atoms with van der Waals surface area (Å²) < 4.78 is 52.3. The molecule has 9 heteroatoms. The molecule has 2 aliphatic rings. The highest BCUT2D eigenvalue weighted by Gasteiger charge is 2.50. The number of carbonyl (C=O) groups excluding carboxylic acids is 2. The van der Waals surface area contributed by atoms with Gasteiger partial charge >= 0.3 is 12.1 Å². The van der Waals surface area contributed by atoms with Crippen LogP contribution in [0.1, 0.15) is 38.3 Å². The average Bonchev–Trinajstić information content (AvgIpc) is 2.90. The number of ketones is 1. The van der Waals surface area contributed by atoms with Crippen LogP contribution in [-0.4, -0.2) is 32.1 Å². The minimum atomic E-state index is -5.16. The molecule has 0 unspecified atom stereocenters. The third kappa shape index (κ3) is 4.10. The van der Waals surface area contributed by atoms with Crippen LogP contribution in [0.3, 0.4) is 0 Å². The van der Waals surface area contributed by atoms with Crippen LogP contribution in [-0.2, 0) is 9.59 Å². The molecule has 1 aliphatic carbocycles. The number of ether oxygens (including phenoxy) is 2. The molecule has 1 atom stereocenters. The van der Waals surface area contributed by atoms with Crippen LogP contribution in [0.25, 0.3) is 0 Å². The highest BCUT2D eigenvalue weighted by atomic mass is 19.4. The molecule has 180 valence electrons. The van der Waals surface area contributed by atoms with Gasteiger partial charge in [-0.3, -0.25) is 14.5 Å². The van der Waals surface area contributed by atoms with Gasteiger partial charge in [0.05, 0.1) is 31.6 Å². The molecule has 6 nitrogen and oxygen atoms in total. The zero-order chi connectivity index (χ0) is 24.8. The van der Waals surface area contributed by atoms with E-state index < -0.39 is 23.5 Å². The molecule has 0 saturated carbocycles. The van der Waals surface area contributed by atoms with Gasteiger partial charge in [-0.15, -0.1) is 0 Å². The first-order chi connectivity index (χ1) is 16.0. The van der Waals surface area contributed by atoms with Crippen LogP contribution in [0, 0.1) is 5.41 Å². The summed E-state index contributed by atoms with van der Waals surface area (Å²) in [4.78, 5) is 27.0. The number of amides is 1. The topological polar surface area (TPSA) is 67.9 Å². The normalized spacial score (nSPS) is 19.6.